The number of hydrogen-bond acceptors (Lipinski definition) is 4. The minimum Gasteiger partial charge on any atom is -0.473 e. The molecule has 7 heteroatoms. The van der Waals surface area contributed by atoms with Crippen LogP contribution < -0.4 is 0 Å². The van der Waals surface area contributed by atoms with Crippen LogP contribution in [0.3, 0.4) is 0 Å². The Balaban J connectivity index is 0.000000427. The van der Waals surface area contributed by atoms with E-state index < -0.39 is 11.9 Å². The Bertz CT molecular complexity index is 865. The molecule has 1 saturated heterocycles. The van der Waals surface area contributed by atoms with E-state index in [0.29, 0.717) is 0 Å². The average molecular weight is 459 g/mol. The highest BCUT2D eigenvalue weighted by Gasteiger charge is 2.28. The summed E-state index contributed by atoms with van der Waals surface area (Å²) < 4.78 is 0. The number of carboxylic acid groups (broad SMARTS) is 2. The highest BCUT2D eigenvalue weighted by molar-refractivity contribution is 6.31. The third kappa shape index (κ3) is 7.05. The van der Waals surface area contributed by atoms with Crippen LogP contribution in [0.5, 0.6) is 0 Å². The van der Waals surface area contributed by atoms with Crippen molar-refractivity contribution in [1.82, 2.24) is 9.80 Å². The van der Waals surface area contributed by atoms with Crippen molar-refractivity contribution in [1.29, 1.82) is 0 Å². The molecule has 6 nitrogen and oxygen atoms in total. The molecule has 2 fully saturated rings. The fourth-order valence-electron chi connectivity index (χ4n) is 4.65. The molecule has 1 aliphatic carbocycles. The summed E-state index contributed by atoms with van der Waals surface area (Å²) in [7, 11) is 0. The SMILES string of the molecule is Clc1ccccc1CN1CCN(C2CCC(c3ccccc3)CC2)CC1.O=C(O)C(=O)O. The average Bonchev–Trinajstić information content (AvgIpc) is 2.82. The molecule has 32 heavy (non-hydrogen) atoms. The topological polar surface area (TPSA) is 81.1 Å². The molecule has 2 N–H and O–H groups in total. The van der Waals surface area contributed by atoms with Gasteiger partial charge in [-0.05, 0) is 48.8 Å². The highest BCUT2D eigenvalue weighted by Crippen LogP contribution is 2.35. The molecule has 2 aliphatic rings. The lowest BCUT2D eigenvalue weighted by Crippen LogP contribution is -2.50. The Hall–Kier alpha value is -2.41. The number of benzene rings is 2. The second kappa shape index (κ2) is 12.0. The van der Waals surface area contributed by atoms with Crippen LogP contribution in [-0.2, 0) is 16.1 Å². The van der Waals surface area contributed by atoms with Gasteiger partial charge >= 0.3 is 11.9 Å². The number of nitrogens with zero attached hydrogens (tertiary/aromatic N) is 2. The van der Waals surface area contributed by atoms with Crippen LogP contribution in [0.4, 0.5) is 0 Å². The summed E-state index contributed by atoms with van der Waals surface area (Å²) in [5.41, 5.74) is 2.79. The van der Waals surface area contributed by atoms with Gasteiger partial charge in [0.25, 0.3) is 0 Å². The molecular weight excluding hydrogens is 428 g/mol. The zero-order valence-electron chi connectivity index (χ0n) is 18.2. The zero-order valence-corrected chi connectivity index (χ0v) is 19.0. The van der Waals surface area contributed by atoms with E-state index in [9.17, 15) is 0 Å². The lowest BCUT2D eigenvalue weighted by atomic mass is 9.81. The maximum atomic E-state index is 9.10. The van der Waals surface area contributed by atoms with Gasteiger partial charge in [0.05, 0.1) is 0 Å². The van der Waals surface area contributed by atoms with Gasteiger partial charge in [-0.1, -0.05) is 60.1 Å². The number of carboxylic acids is 2. The first kappa shape index (κ1) is 24.2. The van der Waals surface area contributed by atoms with Gasteiger partial charge in [0, 0.05) is 43.8 Å². The Morgan fingerprint density at radius 2 is 1.38 bits per heavy atom. The van der Waals surface area contributed by atoms with Crippen LogP contribution in [0, 0.1) is 0 Å². The largest absolute Gasteiger partial charge is 0.473 e. The van der Waals surface area contributed by atoms with Crippen molar-refractivity contribution >= 4 is 23.5 Å². The molecule has 1 saturated carbocycles. The minimum atomic E-state index is -1.82. The molecule has 0 unspecified atom stereocenters. The summed E-state index contributed by atoms with van der Waals surface area (Å²) in [5, 5.41) is 15.7. The van der Waals surface area contributed by atoms with Crippen LogP contribution in [0.2, 0.25) is 5.02 Å². The normalized spacial score (nSPS) is 21.9. The molecule has 0 atom stereocenters. The molecule has 1 heterocycles. The van der Waals surface area contributed by atoms with E-state index in [1.807, 2.05) is 12.1 Å². The lowest BCUT2D eigenvalue weighted by Gasteiger charge is -2.42. The maximum Gasteiger partial charge on any atom is 0.414 e. The molecule has 1 aliphatic heterocycles. The summed E-state index contributed by atoms with van der Waals surface area (Å²) in [4.78, 5) is 23.5. The number of carbonyl (C=O) groups is 2. The van der Waals surface area contributed by atoms with Crippen molar-refractivity contribution < 1.29 is 19.8 Å². The van der Waals surface area contributed by atoms with Gasteiger partial charge in [0.2, 0.25) is 0 Å². The van der Waals surface area contributed by atoms with Gasteiger partial charge in [-0.15, -0.1) is 0 Å². The molecule has 0 aromatic heterocycles. The Morgan fingerprint density at radius 3 is 1.94 bits per heavy atom. The first-order valence-electron chi connectivity index (χ1n) is 11.1. The Labute approximate surface area is 194 Å². The number of hydrogen-bond donors (Lipinski definition) is 2. The second-order valence-electron chi connectivity index (χ2n) is 8.43. The van der Waals surface area contributed by atoms with Gasteiger partial charge < -0.3 is 10.2 Å². The molecular formula is C25H31ClN2O4. The molecule has 0 spiro atoms. The van der Waals surface area contributed by atoms with E-state index in [0.717, 1.165) is 36.6 Å². The standard InChI is InChI=1S/C23H29ClN2.C2H2O4/c24-23-9-5-4-8-21(23)18-25-14-16-26(17-15-25)22-12-10-20(11-13-22)19-6-2-1-3-7-19;3-1(4)2(5)6/h1-9,20,22H,10-18H2;(H,3,4)(H,5,6). The molecule has 0 amide bonds. The number of rotatable bonds is 4. The van der Waals surface area contributed by atoms with Crippen LogP contribution >= 0.6 is 11.6 Å². The molecule has 2 aromatic carbocycles. The molecule has 2 aromatic rings. The van der Waals surface area contributed by atoms with Gasteiger partial charge in [-0.2, -0.15) is 0 Å². The van der Waals surface area contributed by atoms with E-state index in [2.05, 4.69) is 52.3 Å². The summed E-state index contributed by atoms with van der Waals surface area (Å²) >= 11 is 6.32. The lowest BCUT2D eigenvalue weighted by molar-refractivity contribution is -0.159. The van der Waals surface area contributed by atoms with Crippen LogP contribution in [0.1, 0.15) is 42.7 Å². The minimum absolute atomic E-state index is 0.772. The summed E-state index contributed by atoms with van der Waals surface area (Å²) in [5.74, 6) is -2.88. The Kier molecular flexibility index (Phi) is 9.09. The summed E-state index contributed by atoms with van der Waals surface area (Å²) in [6, 6.07) is 20.1. The molecule has 0 radical (unpaired) electrons. The summed E-state index contributed by atoms with van der Waals surface area (Å²) in [6.07, 6.45) is 5.39. The van der Waals surface area contributed by atoms with E-state index >= 15 is 0 Å². The van der Waals surface area contributed by atoms with Gasteiger partial charge in [-0.3, -0.25) is 9.80 Å². The molecule has 0 bridgehead atoms. The van der Waals surface area contributed by atoms with Crippen molar-refractivity contribution in [3.8, 4) is 0 Å². The van der Waals surface area contributed by atoms with Gasteiger partial charge in [-0.25, -0.2) is 9.59 Å². The second-order valence-corrected chi connectivity index (χ2v) is 8.84. The quantitative estimate of drug-likeness (QED) is 0.663. The monoisotopic (exact) mass is 458 g/mol. The molecule has 172 valence electrons. The van der Waals surface area contributed by atoms with Crippen molar-refractivity contribution in [2.24, 2.45) is 0 Å². The Morgan fingerprint density at radius 1 is 0.812 bits per heavy atom. The smallest absolute Gasteiger partial charge is 0.414 e. The predicted molar refractivity (Wildman–Crippen MR) is 125 cm³/mol. The molecule has 4 rings (SSSR count). The number of aliphatic carboxylic acids is 2. The van der Waals surface area contributed by atoms with Crippen molar-refractivity contribution in [3.63, 3.8) is 0 Å². The van der Waals surface area contributed by atoms with Crippen LogP contribution in [0.15, 0.2) is 54.6 Å². The third-order valence-corrected chi connectivity index (χ3v) is 6.79. The first-order chi connectivity index (χ1) is 15.4. The predicted octanol–water partition coefficient (Wildman–Crippen LogP) is 4.34. The highest BCUT2D eigenvalue weighted by atomic mass is 35.5. The maximum absolute atomic E-state index is 9.10. The van der Waals surface area contributed by atoms with Crippen molar-refractivity contribution in [2.75, 3.05) is 26.2 Å². The van der Waals surface area contributed by atoms with Crippen LogP contribution in [-0.4, -0.2) is 64.2 Å². The number of piperazine rings is 1. The van der Waals surface area contributed by atoms with E-state index in [1.165, 1.54) is 49.9 Å². The zero-order chi connectivity index (χ0) is 22.9. The van der Waals surface area contributed by atoms with E-state index in [4.69, 9.17) is 31.4 Å². The van der Waals surface area contributed by atoms with Crippen LogP contribution in [0.25, 0.3) is 0 Å². The van der Waals surface area contributed by atoms with Gasteiger partial charge in [0.1, 0.15) is 0 Å². The van der Waals surface area contributed by atoms with E-state index in [1.54, 1.807) is 0 Å². The van der Waals surface area contributed by atoms with Crippen molar-refractivity contribution in [3.05, 3.63) is 70.7 Å². The van der Waals surface area contributed by atoms with E-state index in [-0.39, 0.29) is 0 Å². The number of halogens is 1. The third-order valence-electron chi connectivity index (χ3n) is 6.43. The first-order valence-corrected chi connectivity index (χ1v) is 11.5. The summed E-state index contributed by atoms with van der Waals surface area (Å²) in [6.45, 7) is 5.69. The van der Waals surface area contributed by atoms with Gasteiger partial charge in [0.15, 0.2) is 0 Å². The van der Waals surface area contributed by atoms with Crippen molar-refractivity contribution in [2.45, 2.75) is 44.2 Å². The fraction of sp³-hybridized carbons (Fsp3) is 0.440. The fourth-order valence-corrected chi connectivity index (χ4v) is 4.85.